The number of methoxy groups -OCH3 is 2. The minimum Gasteiger partial charge on any atom is -0.497 e. The van der Waals surface area contributed by atoms with Crippen LogP contribution in [0, 0.1) is 6.92 Å². The number of carbonyl (C=O) groups excluding carboxylic acids is 1. The van der Waals surface area contributed by atoms with Crippen LogP contribution >= 0.6 is 11.3 Å². The molecule has 9 heteroatoms. The van der Waals surface area contributed by atoms with Crippen LogP contribution in [-0.4, -0.2) is 41.5 Å². The highest BCUT2D eigenvalue weighted by Crippen LogP contribution is 2.43. The van der Waals surface area contributed by atoms with Gasteiger partial charge in [0.1, 0.15) is 11.6 Å². The van der Waals surface area contributed by atoms with Crippen LogP contribution in [0.1, 0.15) is 36.1 Å². The Balaban J connectivity index is 1.60. The number of anilines is 1. The number of nitrogens with zero attached hydrogens (tertiary/aromatic N) is 3. The lowest BCUT2D eigenvalue weighted by molar-refractivity contribution is -0.116. The average molecular weight is 465 g/mol. The van der Waals surface area contributed by atoms with Crippen LogP contribution in [0.3, 0.4) is 0 Å². The molecule has 8 nitrogen and oxygen atoms in total. The Morgan fingerprint density at radius 1 is 1.15 bits per heavy atom. The fraction of sp³-hybridized carbons (Fsp3) is 0.292. The Hall–Kier alpha value is -3.59. The second-order valence-electron chi connectivity index (χ2n) is 7.74. The molecule has 1 N–H and O–H groups in total. The van der Waals surface area contributed by atoms with Crippen LogP contribution in [0.2, 0.25) is 0 Å². The molecule has 5 rings (SSSR count). The molecule has 0 unspecified atom stereocenters. The van der Waals surface area contributed by atoms with Crippen molar-refractivity contribution >= 4 is 33.3 Å². The Bertz CT molecular complexity index is 1360. The third kappa shape index (κ3) is 3.68. The molecule has 2 aromatic carbocycles. The van der Waals surface area contributed by atoms with Crippen molar-refractivity contribution in [2.75, 3.05) is 26.1 Å². The van der Waals surface area contributed by atoms with Crippen molar-refractivity contribution < 1.29 is 19.0 Å². The number of amides is 1. The number of ether oxygens (including phenoxy) is 3. The predicted molar refractivity (Wildman–Crippen MR) is 127 cm³/mol. The molecule has 2 aromatic heterocycles. The molecule has 0 bridgehead atoms. The summed E-state index contributed by atoms with van der Waals surface area (Å²) in [7, 11) is 3.26. The summed E-state index contributed by atoms with van der Waals surface area (Å²) in [6.07, 6.45) is 0.327. The van der Waals surface area contributed by atoms with Crippen molar-refractivity contribution in [2.45, 2.75) is 26.2 Å². The number of rotatable bonds is 6. The minimum absolute atomic E-state index is 0.0655. The van der Waals surface area contributed by atoms with E-state index in [0.717, 1.165) is 32.8 Å². The molecular weight excluding hydrogens is 440 g/mol. The molecule has 0 saturated carbocycles. The molecule has 0 aliphatic carbocycles. The summed E-state index contributed by atoms with van der Waals surface area (Å²) >= 11 is 1.50. The molecular formula is C24H24N4O4S. The van der Waals surface area contributed by atoms with Crippen molar-refractivity contribution in [1.29, 1.82) is 0 Å². The molecule has 0 radical (unpaired) electrons. The third-order valence-electron chi connectivity index (χ3n) is 5.76. The number of thiazole rings is 1. The fourth-order valence-corrected chi connectivity index (χ4v) is 5.21. The van der Waals surface area contributed by atoms with E-state index in [9.17, 15) is 4.79 Å². The van der Waals surface area contributed by atoms with Gasteiger partial charge in [-0.1, -0.05) is 17.4 Å². The number of aryl methyl sites for hydroxylation is 1. The maximum atomic E-state index is 12.7. The van der Waals surface area contributed by atoms with Crippen LogP contribution in [-0.2, 0) is 4.79 Å². The lowest BCUT2D eigenvalue weighted by Gasteiger charge is -2.24. The molecule has 0 saturated heterocycles. The molecule has 1 amide bonds. The van der Waals surface area contributed by atoms with Crippen LogP contribution in [0.4, 0.5) is 5.82 Å². The summed E-state index contributed by atoms with van der Waals surface area (Å²) < 4.78 is 19.2. The lowest BCUT2D eigenvalue weighted by Crippen LogP contribution is -2.25. The number of hydrogen-bond donors (Lipinski definition) is 1. The Morgan fingerprint density at radius 3 is 2.76 bits per heavy atom. The van der Waals surface area contributed by atoms with Gasteiger partial charge in [0.2, 0.25) is 11.0 Å². The van der Waals surface area contributed by atoms with E-state index < -0.39 is 0 Å². The standard InChI is InChI=1S/C24H24N4O4S/c1-5-32-18-9-6-14(10-19(18)31-4)16-12-21(29)26-23-22(16)13(2)27-28(23)24-25-17-8-7-15(30-3)11-20(17)33-24/h6-11,16H,5,12H2,1-4H3,(H,26,29)/t16-/m1/s1. The molecule has 170 valence electrons. The first-order chi connectivity index (χ1) is 16.0. The Morgan fingerprint density at radius 2 is 2.00 bits per heavy atom. The first kappa shape index (κ1) is 21.3. The van der Waals surface area contributed by atoms with Gasteiger partial charge in [-0.25, -0.2) is 4.98 Å². The summed E-state index contributed by atoms with van der Waals surface area (Å²) in [5.41, 5.74) is 3.66. The monoisotopic (exact) mass is 464 g/mol. The van der Waals surface area contributed by atoms with Gasteiger partial charge in [-0.2, -0.15) is 9.78 Å². The van der Waals surface area contributed by atoms with Crippen molar-refractivity contribution in [2.24, 2.45) is 0 Å². The smallest absolute Gasteiger partial charge is 0.226 e. The van der Waals surface area contributed by atoms with Gasteiger partial charge >= 0.3 is 0 Å². The van der Waals surface area contributed by atoms with Crippen molar-refractivity contribution in [3.05, 3.63) is 53.2 Å². The van der Waals surface area contributed by atoms with Crippen LogP contribution in [0.15, 0.2) is 36.4 Å². The number of aromatic nitrogens is 3. The molecule has 33 heavy (non-hydrogen) atoms. The lowest BCUT2D eigenvalue weighted by atomic mass is 9.85. The second kappa shape index (κ2) is 8.40. The van der Waals surface area contributed by atoms with E-state index in [-0.39, 0.29) is 11.8 Å². The van der Waals surface area contributed by atoms with Gasteiger partial charge in [0.05, 0.1) is 36.7 Å². The van der Waals surface area contributed by atoms with Gasteiger partial charge in [0.25, 0.3) is 0 Å². The van der Waals surface area contributed by atoms with Gasteiger partial charge in [-0.15, -0.1) is 0 Å². The summed E-state index contributed by atoms with van der Waals surface area (Å²) in [6, 6.07) is 11.6. The van der Waals surface area contributed by atoms with E-state index in [0.29, 0.717) is 35.5 Å². The average Bonchev–Trinajstić information content (AvgIpc) is 3.39. The highest BCUT2D eigenvalue weighted by Gasteiger charge is 2.33. The maximum Gasteiger partial charge on any atom is 0.226 e. The van der Waals surface area contributed by atoms with Crippen LogP contribution in [0.25, 0.3) is 15.3 Å². The van der Waals surface area contributed by atoms with Gasteiger partial charge in [0, 0.05) is 17.9 Å². The second-order valence-corrected chi connectivity index (χ2v) is 8.75. The summed E-state index contributed by atoms with van der Waals surface area (Å²) in [4.78, 5) is 17.5. The predicted octanol–water partition coefficient (Wildman–Crippen LogP) is 4.68. The molecule has 0 spiro atoms. The molecule has 1 aliphatic heterocycles. The normalized spacial score (nSPS) is 15.3. The molecule has 3 heterocycles. The summed E-state index contributed by atoms with van der Waals surface area (Å²) in [5, 5.41) is 8.47. The zero-order valence-corrected chi connectivity index (χ0v) is 19.7. The summed E-state index contributed by atoms with van der Waals surface area (Å²) in [6.45, 7) is 4.44. The van der Waals surface area contributed by atoms with Crippen molar-refractivity contribution in [3.63, 3.8) is 0 Å². The topological polar surface area (TPSA) is 87.5 Å². The van der Waals surface area contributed by atoms with E-state index in [1.165, 1.54) is 11.3 Å². The van der Waals surface area contributed by atoms with Crippen LogP contribution < -0.4 is 19.5 Å². The summed E-state index contributed by atoms with van der Waals surface area (Å²) in [5.74, 6) is 2.54. The SMILES string of the molecule is CCOc1ccc([C@H]2CC(=O)Nc3c2c(C)nn3-c2nc3ccc(OC)cc3s2)cc1OC. The first-order valence-corrected chi connectivity index (χ1v) is 11.5. The Labute approximate surface area is 195 Å². The van der Waals surface area contributed by atoms with E-state index in [1.807, 2.05) is 50.2 Å². The largest absolute Gasteiger partial charge is 0.497 e. The number of nitrogens with one attached hydrogen (secondary N) is 1. The first-order valence-electron chi connectivity index (χ1n) is 10.7. The Kier molecular flexibility index (Phi) is 5.41. The highest BCUT2D eigenvalue weighted by molar-refractivity contribution is 7.20. The van der Waals surface area contributed by atoms with Gasteiger partial charge in [-0.05, 0) is 49.7 Å². The van der Waals surface area contributed by atoms with E-state index >= 15 is 0 Å². The highest BCUT2D eigenvalue weighted by atomic mass is 32.1. The van der Waals surface area contributed by atoms with Crippen molar-refractivity contribution in [1.82, 2.24) is 14.8 Å². The number of fused-ring (bicyclic) bond motifs is 2. The number of carbonyl (C=O) groups is 1. The van der Waals surface area contributed by atoms with E-state index in [1.54, 1.807) is 18.9 Å². The quantitative estimate of drug-likeness (QED) is 0.446. The molecule has 0 fully saturated rings. The van der Waals surface area contributed by atoms with Crippen molar-refractivity contribution in [3.8, 4) is 22.4 Å². The fourth-order valence-electron chi connectivity index (χ4n) is 4.26. The van der Waals surface area contributed by atoms with Gasteiger partial charge in [-0.3, -0.25) is 4.79 Å². The van der Waals surface area contributed by atoms with Gasteiger partial charge in [0.15, 0.2) is 11.5 Å². The number of benzene rings is 2. The van der Waals surface area contributed by atoms with E-state index in [4.69, 9.17) is 24.3 Å². The van der Waals surface area contributed by atoms with Gasteiger partial charge < -0.3 is 19.5 Å². The van der Waals surface area contributed by atoms with E-state index in [2.05, 4.69) is 5.32 Å². The zero-order chi connectivity index (χ0) is 23.1. The minimum atomic E-state index is -0.151. The maximum absolute atomic E-state index is 12.7. The number of hydrogen-bond acceptors (Lipinski definition) is 7. The van der Waals surface area contributed by atoms with Crippen LogP contribution in [0.5, 0.6) is 17.2 Å². The third-order valence-corrected chi connectivity index (χ3v) is 6.75. The molecule has 1 atom stereocenters. The molecule has 1 aliphatic rings. The zero-order valence-electron chi connectivity index (χ0n) is 18.8. The molecule has 4 aromatic rings.